The van der Waals surface area contributed by atoms with Gasteiger partial charge in [-0.25, -0.2) is 0 Å². The van der Waals surface area contributed by atoms with Crippen molar-refractivity contribution in [2.75, 3.05) is 0 Å². The van der Waals surface area contributed by atoms with Gasteiger partial charge in [-0.3, -0.25) is 0 Å². The summed E-state index contributed by atoms with van der Waals surface area (Å²) < 4.78 is 0. The molecule has 4 heteroatoms. The SMILES string of the molecule is CC(Cl)C(=O)[O-].[Na+]. The topological polar surface area (TPSA) is 40.1 Å². The summed E-state index contributed by atoms with van der Waals surface area (Å²) in [6.07, 6.45) is 0. The molecule has 0 radical (unpaired) electrons. The first kappa shape index (κ1) is 10.7. The first-order valence-corrected chi connectivity index (χ1v) is 1.93. The molecule has 0 saturated heterocycles. The van der Waals surface area contributed by atoms with Gasteiger partial charge in [0.2, 0.25) is 0 Å². The Kier molecular flexibility index (Phi) is 7.49. The molecule has 0 aliphatic heterocycles. The maximum absolute atomic E-state index is 9.46. The van der Waals surface area contributed by atoms with Crippen LogP contribution in [-0.2, 0) is 4.79 Å². The molecule has 0 bridgehead atoms. The van der Waals surface area contributed by atoms with E-state index in [1.54, 1.807) is 0 Å². The molecule has 0 N–H and O–H groups in total. The van der Waals surface area contributed by atoms with E-state index >= 15 is 0 Å². The molecule has 0 heterocycles. The number of hydrogen-bond donors (Lipinski definition) is 0. The van der Waals surface area contributed by atoms with Gasteiger partial charge in [0.1, 0.15) is 0 Å². The van der Waals surface area contributed by atoms with E-state index in [0.29, 0.717) is 0 Å². The average Bonchev–Trinajstić information content (AvgIpc) is 1.36. The van der Waals surface area contributed by atoms with Crippen molar-refractivity contribution in [2.45, 2.75) is 12.3 Å². The van der Waals surface area contributed by atoms with Crippen molar-refractivity contribution in [3.05, 3.63) is 0 Å². The Morgan fingerprint density at radius 2 is 2.00 bits per heavy atom. The summed E-state index contributed by atoms with van der Waals surface area (Å²) in [5.74, 6) is -1.23. The minimum Gasteiger partial charge on any atom is -0.549 e. The van der Waals surface area contributed by atoms with Gasteiger partial charge in [-0.15, -0.1) is 11.6 Å². The Morgan fingerprint density at radius 1 is 1.86 bits per heavy atom. The second-order valence-electron chi connectivity index (χ2n) is 0.935. The van der Waals surface area contributed by atoms with Crippen molar-refractivity contribution in [1.29, 1.82) is 0 Å². The maximum Gasteiger partial charge on any atom is 1.00 e. The Morgan fingerprint density at radius 3 is 2.00 bits per heavy atom. The molecule has 36 valence electrons. The van der Waals surface area contributed by atoms with Crippen LogP contribution < -0.4 is 34.7 Å². The number of carboxylic acids is 1. The minimum absolute atomic E-state index is 0. The minimum atomic E-state index is -1.23. The first-order chi connectivity index (χ1) is 2.64. The molecule has 1 unspecified atom stereocenters. The fraction of sp³-hybridized carbons (Fsp3) is 0.667. The first-order valence-electron chi connectivity index (χ1n) is 1.49. The molecule has 0 aliphatic rings. The van der Waals surface area contributed by atoms with Gasteiger partial charge in [-0.1, -0.05) is 0 Å². The van der Waals surface area contributed by atoms with E-state index in [0.717, 1.165) is 0 Å². The van der Waals surface area contributed by atoms with Gasteiger partial charge in [-0.2, -0.15) is 0 Å². The number of alkyl halides is 1. The van der Waals surface area contributed by atoms with Crippen molar-refractivity contribution in [3.8, 4) is 0 Å². The molecule has 2 nitrogen and oxygen atoms in total. The average molecular weight is 131 g/mol. The zero-order valence-electron chi connectivity index (χ0n) is 4.27. The van der Waals surface area contributed by atoms with Crippen molar-refractivity contribution in [3.63, 3.8) is 0 Å². The summed E-state index contributed by atoms with van der Waals surface area (Å²) >= 11 is 4.95. The normalized spacial score (nSPS) is 11.7. The van der Waals surface area contributed by atoms with Crippen molar-refractivity contribution in [2.24, 2.45) is 0 Å². The van der Waals surface area contributed by atoms with Gasteiger partial charge in [0.05, 0.1) is 11.3 Å². The predicted molar refractivity (Wildman–Crippen MR) is 20.3 cm³/mol. The predicted octanol–water partition coefficient (Wildman–Crippen LogP) is -3.63. The van der Waals surface area contributed by atoms with Crippen LogP contribution >= 0.6 is 11.6 Å². The summed E-state index contributed by atoms with van der Waals surface area (Å²) in [7, 11) is 0. The molecule has 0 saturated carbocycles. The fourth-order valence-corrected chi connectivity index (χ4v) is 0. The number of carboxylic acid groups (broad SMARTS) is 1. The summed E-state index contributed by atoms with van der Waals surface area (Å²) in [4.78, 5) is 9.46. The number of rotatable bonds is 1. The molecule has 0 aromatic carbocycles. The number of carbonyl (C=O) groups excluding carboxylic acids is 1. The van der Waals surface area contributed by atoms with Crippen LogP contribution in [0.15, 0.2) is 0 Å². The third-order valence-electron chi connectivity index (χ3n) is 0.325. The number of halogens is 1. The Labute approximate surface area is 69.1 Å². The Balaban J connectivity index is 0. The zero-order chi connectivity index (χ0) is 5.15. The van der Waals surface area contributed by atoms with Gasteiger partial charge in [-0.05, 0) is 6.92 Å². The third-order valence-corrected chi connectivity index (χ3v) is 0.503. The van der Waals surface area contributed by atoms with Crippen LogP contribution in [0, 0.1) is 0 Å². The smallest absolute Gasteiger partial charge is 0.549 e. The maximum atomic E-state index is 9.46. The van der Waals surface area contributed by atoms with Crippen LogP contribution in [0.1, 0.15) is 6.92 Å². The monoisotopic (exact) mass is 130 g/mol. The van der Waals surface area contributed by atoms with Gasteiger partial charge >= 0.3 is 29.6 Å². The van der Waals surface area contributed by atoms with Crippen molar-refractivity contribution in [1.82, 2.24) is 0 Å². The van der Waals surface area contributed by atoms with Crippen LogP contribution in [0.25, 0.3) is 0 Å². The van der Waals surface area contributed by atoms with E-state index in [1.807, 2.05) is 0 Å². The quantitative estimate of drug-likeness (QED) is 0.272. The molecule has 0 fully saturated rings. The molecule has 1 atom stereocenters. The third kappa shape index (κ3) is 6.76. The van der Waals surface area contributed by atoms with Crippen LogP contribution in [0.3, 0.4) is 0 Å². The number of aliphatic carboxylic acids is 1. The molecule has 0 aromatic heterocycles. The zero-order valence-corrected chi connectivity index (χ0v) is 7.03. The molecule has 0 rings (SSSR count). The van der Waals surface area contributed by atoms with Gasteiger partial charge in [0.25, 0.3) is 0 Å². The molecule has 0 aliphatic carbocycles. The van der Waals surface area contributed by atoms with Crippen molar-refractivity contribution < 1.29 is 39.5 Å². The molecule has 0 aromatic rings. The van der Waals surface area contributed by atoms with Crippen LogP contribution in [0.4, 0.5) is 0 Å². The molecular formula is C3H4ClNaO2. The summed E-state index contributed by atoms with van der Waals surface area (Å²) in [5.41, 5.74) is 0. The van der Waals surface area contributed by atoms with E-state index in [4.69, 9.17) is 11.6 Å². The van der Waals surface area contributed by atoms with E-state index in [9.17, 15) is 9.90 Å². The molecule has 0 spiro atoms. The summed E-state index contributed by atoms with van der Waals surface area (Å²) in [6, 6.07) is 0. The van der Waals surface area contributed by atoms with E-state index < -0.39 is 11.3 Å². The van der Waals surface area contributed by atoms with Crippen LogP contribution in [-0.4, -0.2) is 11.3 Å². The standard InChI is InChI=1S/C3H5ClO2.Na/c1-2(4)3(5)6;/h2H,1H3,(H,5,6);/q;+1/p-1. The summed E-state index contributed by atoms with van der Waals surface area (Å²) in [6.45, 7) is 1.34. The van der Waals surface area contributed by atoms with Crippen molar-refractivity contribution >= 4 is 17.6 Å². The van der Waals surface area contributed by atoms with Gasteiger partial charge in [0.15, 0.2) is 0 Å². The largest absolute Gasteiger partial charge is 1.00 e. The van der Waals surface area contributed by atoms with E-state index in [2.05, 4.69) is 0 Å². The molecule has 0 amide bonds. The molecule has 7 heavy (non-hydrogen) atoms. The van der Waals surface area contributed by atoms with E-state index in [-0.39, 0.29) is 29.6 Å². The second kappa shape index (κ2) is 4.91. The Hall–Kier alpha value is 0.760. The van der Waals surface area contributed by atoms with Crippen LogP contribution in [0.2, 0.25) is 0 Å². The summed E-state index contributed by atoms with van der Waals surface area (Å²) in [5, 5.41) is 8.59. The van der Waals surface area contributed by atoms with Gasteiger partial charge in [0, 0.05) is 0 Å². The fourth-order valence-electron chi connectivity index (χ4n) is 0. The Bertz CT molecular complexity index is 64.0. The number of carbonyl (C=O) groups is 1. The van der Waals surface area contributed by atoms with E-state index in [1.165, 1.54) is 6.92 Å². The number of hydrogen-bond acceptors (Lipinski definition) is 2. The molecular weight excluding hydrogens is 126 g/mol. The van der Waals surface area contributed by atoms with Gasteiger partial charge < -0.3 is 9.90 Å². The van der Waals surface area contributed by atoms with Crippen LogP contribution in [0.5, 0.6) is 0 Å². The second-order valence-corrected chi connectivity index (χ2v) is 1.59.